The second-order valence-electron chi connectivity index (χ2n) is 11.6. The summed E-state index contributed by atoms with van der Waals surface area (Å²) in [5.74, 6) is -0.0744. The molecular weight excluding hydrogens is 506 g/mol. The molecule has 4 aliphatic rings. The molecular formula is C31H39N5O4. The average Bonchev–Trinajstić information content (AvgIpc) is 3.28. The third-order valence-electron chi connectivity index (χ3n) is 8.90. The molecule has 0 bridgehead atoms. The summed E-state index contributed by atoms with van der Waals surface area (Å²) in [5.41, 5.74) is 4.21. The highest BCUT2D eigenvalue weighted by Crippen LogP contribution is 2.31. The molecule has 0 radical (unpaired) electrons. The van der Waals surface area contributed by atoms with Crippen molar-refractivity contribution in [2.45, 2.75) is 57.3 Å². The summed E-state index contributed by atoms with van der Waals surface area (Å²) >= 11 is 0. The lowest BCUT2D eigenvalue weighted by Gasteiger charge is -2.38. The number of rotatable bonds is 7. The summed E-state index contributed by atoms with van der Waals surface area (Å²) in [7, 11) is 2.19. The largest absolute Gasteiger partial charge is 0.492 e. The Bertz CT molecular complexity index is 1270. The van der Waals surface area contributed by atoms with Crippen LogP contribution in [-0.2, 0) is 22.7 Å². The lowest BCUT2D eigenvalue weighted by atomic mass is 10.0. The van der Waals surface area contributed by atoms with Crippen LogP contribution >= 0.6 is 0 Å². The van der Waals surface area contributed by atoms with Gasteiger partial charge in [-0.3, -0.25) is 24.6 Å². The van der Waals surface area contributed by atoms with Gasteiger partial charge in [0.05, 0.1) is 0 Å². The molecule has 3 saturated heterocycles. The Labute approximate surface area is 236 Å². The molecule has 1 unspecified atom stereocenters. The number of piperidine rings is 2. The van der Waals surface area contributed by atoms with Crippen molar-refractivity contribution in [3.8, 4) is 5.75 Å². The molecule has 9 nitrogen and oxygen atoms in total. The number of carbonyl (C=O) groups is 3. The van der Waals surface area contributed by atoms with E-state index in [0.29, 0.717) is 31.2 Å². The molecule has 2 atom stereocenters. The van der Waals surface area contributed by atoms with Crippen LogP contribution in [0.2, 0.25) is 0 Å². The van der Waals surface area contributed by atoms with Crippen LogP contribution in [0.4, 0.5) is 5.69 Å². The molecule has 0 aliphatic carbocycles. The lowest BCUT2D eigenvalue weighted by Crippen LogP contribution is -2.52. The Kier molecular flexibility index (Phi) is 7.76. The number of imide groups is 1. The first-order valence-electron chi connectivity index (χ1n) is 14.6. The van der Waals surface area contributed by atoms with E-state index in [0.717, 1.165) is 57.0 Å². The normalized spacial score (nSPS) is 24.3. The number of likely N-dealkylation sites (tertiary alicyclic amines) is 1. The van der Waals surface area contributed by atoms with Crippen LogP contribution in [0.5, 0.6) is 5.75 Å². The van der Waals surface area contributed by atoms with E-state index >= 15 is 0 Å². The van der Waals surface area contributed by atoms with Crippen LogP contribution < -0.4 is 15.0 Å². The molecule has 212 valence electrons. The second-order valence-corrected chi connectivity index (χ2v) is 11.6. The first-order chi connectivity index (χ1) is 19.5. The Hall–Kier alpha value is -3.43. The number of anilines is 1. The Balaban J connectivity index is 1.10. The van der Waals surface area contributed by atoms with Crippen molar-refractivity contribution in [2.75, 3.05) is 51.3 Å². The van der Waals surface area contributed by atoms with E-state index in [-0.39, 0.29) is 24.1 Å². The number of fused-ring (bicyclic) bond motifs is 1. The van der Waals surface area contributed by atoms with E-state index in [1.165, 1.54) is 24.1 Å². The van der Waals surface area contributed by atoms with Gasteiger partial charge in [0.1, 0.15) is 18.4 Å². The number of hydrogen-bond acceptors (Lipinski definition) is 7. The summed E-state index contributed by atoms with van der Waals surface area (Å²) in [6, 6.07) is 14.2. The highest BCUT2D eigenvalue weighted by atomic mass is 16.5. The number of carbonyl (C=O) groups excluding carboxylic acids is 3. The van der Waals surface area contributed by atoms with Gasteiger partial charge < -0.3 is 19.4 Å². The molecule has 2 aromatic rings. The minimum Gasteiger partial charge on any atom is -0.492 e. The maximum atomic E-state index is 13.0. The van der Waals surface area contributed by atoms with Gasteiger partial charge in [0.15, 0.2) is 0 Å². The molecule has 0 saturated carbocycles. The maximum Gasteiger partial charge on any atom is 0.255 e. The van der Waals surface area contributed by atoms with Crippen molar-refractivity contribution in [2.24, 2.45) is 0 Å². The highest BCUT2D eigenvalue weighted by molar-refractivity contribution is 6.05. The quantitative estimate of drug-likeness (QED) is 0.536. The minimum absolute atomic E-state index is 0.159. The smallest absolute Gasteiger partial charge is 0.255 e. The molecule has 1 N–H and O–H groups in total. The average molecular weight is 546 g/mol. The summed E-state index contributed by atoms with van der Waals surface area (Å²) in [4.78, 5) is 46.0. The summed E-state index contributed by atoms with van der Waals surface area (Å²) in [6.07, 6.45) is 4.11. The van der Waals surface area contributed by atoms with Crippen LogP contribution in [0, 0.1) is 0 Å². The SMILES string of the molecule is CN1CCN(c2ccccc2CN2CCCC[C@@H]2COc2ccc3c(c2)CN(C2CCC(=O)NC2=O)C3=O)CC1. The predicted molar refractivity (Wildman–Crippen MR) is 152 cm³/mol. The number of ether oxygens (including phenoxy) is 1. The summed E-state index contributed by atoms with van der Waals surface area (Å²) in [6.45, 7) is 7.22. The molecule has 3 fully saturated rings. The monoisotopic (exact) mass is 545 g/mol. The van der Waals surface area contributed by atoms with Crippen LogP contribution in [0.15, 0.2) is 42.5 Å². The van der Waals surface area contributed by atoms with Crippen molar-refractivity contribution in [3.05, 3.63) is 59.2 Å². The molecule has 0 aromatic heterocycles. The highest BCUT2D eigenvalue weighted by Gasteiger charge is 2.39. The number of hydrogen-bond donors (Lipinski definition) is 1. The number of piperazine rings is 1. The fraction of sp³-hybridized carbons (Fsp3) is 0.516. The lowest BCUT2D eigenvalue weighted by molar-refractivity contribution is -0.136. The molecule has 4 heterocycles. The maximum absolute atomic E-state index is 13.0. The van der Waals surface area contributed by atoms with Gasteiger partial charge in [-0.2, -0.15) is 0 Å². The molecule has 3 amide bonds. The van der Waals surface area contributed by atoms with Crippen LogP contribution in [-0.4, -0.2) is 90.9 Å². The molecule has 40 heavy (non-hydrogen) atoms. The number of nitrogens with zero attached hydrogens (tertiary/aromatic N) is 4. The molecule has 6 rings (SSSR count). The van der Waals surface area contributed by atoms with Crippen molar-refractivity contribution in [1.29, 1.82) is 0 Å². The number of nitrogens with one attached hydrogen (secondary N) is 1. The van der Waals surface area contributed by atoms with Crippen LogP contribution in [0.25, 0.3) is 0 Å². The fourth-order valence-electron chi connectivity index (χ4n) is 6.51. The first kappa shape index (κ1) is 26.8. The van der Waals surface area contributed by atoms with Gasteiger partial charge in [0, 0.05) is 63.0 Å². The number of amides is 3. The van der Waals surface area contributed by atoms with Crippen molar-refractivity contribution in [3.63, 3.8) is 0 Å². The van der Waals surface area contributed by atoms with E-state index in [9.17, 15) is 14.4 Å². The minimum atomic E-state index is -0.605. The van der Waals surface area contributed by atoms with E-state index in [2.05, 4.69) is 51.3 Å². The van der Waals surface area contributed by atoms with E-state index in [1.807, 2.05) is 18.2 Å². The van der Waals surface area contributed by atoms with E-state index in [1.54, 1.807) is 4.90 Å². The number of para-hydroxylation sites is 1. The van der Waals surface area contributed by atoms with Crippen LogP contribution in [0.3, 0.4) is 0 Å². The molecule has 2 aromatic carbocycles. The van der Waals surface area contributed by atoms with Gasteiger partial charge in [0.2, 0.25) is 11.8 Å². The van der Waals surface area contributed by atoms with Crippen LogP contribution in [0.1, 0.15) is 53.6 Å². The number of benzene rings is 2. The molecule has 0 spiro atoms. The third-order valence-corrected chi connectivity index (χ3v) is 8.90. The predicted octanol–water partition coefficient (Wildman–Crippen LogP) is 2.63. The Morgan fingerprint density at radius 1 is 0.950 bits per heavy atom. The Morgan fingerprint density at radius 3 is 2.60 bits per heavy atom. The van der Waals surface area contributed by atoms with Crippen molar-refractivity contribution in [1.82, 2.24) is 20.0 Å². The zero-order valence-corrected chi connectivity index (χ0v) is 23.3. The standard InChI is InChI=1S/C31H39N5O4/c1-33-14-16-34(17-15-33)27-8-3-2-6-22(27)19-35-13-5-4-7-24(35)21-40-25-9-10-26-23(18-25)20-36(31(26)39)28-11-12-29(37)32-30(28)38/h2-3,6,8-10,18,24,28H,4-5,7,11-17,19-21H2,1H3,(H,32,37,38)/t24-,28?/m1/s1. The number of likely N-dealkylation sites (N-methyl/N-ethyl adjacent to an activating group) is 1. The topological polar surface area (TPSA) is 85.4 Å². The second kappa shape index (κ2) is 11.6. The Morgan fingerprint density at radius 2 is 1.77 bits per heavy atom. The van der Waals surface area contributed by atoms with Gasteiger partial charge in [-0.25, -0.2) is 0 Å². The fourth-order valence-corrected chi connectivity index (χ4v) is 6.51. The van der Waals surface area contributed by atoms with E-state index < -0.39 is 6.04 Å². The molecule has 4 aliphatic heterocycles. The zero-order chi connectivity index (χ0) is 27.6. The van der Waals surface area contributed by atoms with Crippen molar-refractivity contribution < 1.29 is 19.1 Å². The zero-order valence-electron chi connectivity index (χ0n) is 23.3. The van der Waals surface area contributed by atoms with Gasteiger partial charge in [-0.05, 0) is 68.2 Å². The summed E-state index contributed by atoms with van der Waals surface area (Å²) < 4.78 is 6.34. The first-order valence-corrected chi connectivity index (χ1v) is 14.6. The van der Waals surface area contributed by atoms with Gasteiger partial charge >= 0.3 is 0 Å². The third kappa shape index (κ3) is 5.58. The summed E-state index contributed by atoms with van der Waals surface area (Å²) in [5, 5.41) is 2.36. The molecule has 9 heteroatoms. The van der Waals surface area contributed by atoms with Gasteiger partial charge in [-0.15, -0.1) is 0 Å². The van der Waals surface area contributed by atoms with Crippen molar-refractivity contribution >= 4 is 23.4 Å². The van der Waals surface area contributed by atoms with Gasteiger partial charge in [0.25, 0.3) is 5.91 Å². The van der Waals surface area contributed by atoms with Gasteiger partial charge in [-0.1, -0.05) is 24.6 Å². The van der Waals surface area contributed by atoms with E-state index in [4.69, 9.17) is 4.74 Å².